The maximum Gasteiger partial charge on any atom is 0.425 e. The molecule has 0 fully saturated rings. The number of alkyl halides is 3. The number of carbonyl (C=O) groups is 2. The summed E-state index contributed by atoms with van der Waals surface area (Å²) in [5.41, 5.74) is -2.50. The Morgan fingerprint density at radius 2 is 1.92 bits per heavy atom. The van der Waals surface area contributed by atoms with E-state index in [0.29, 0.717) is 0 Å². The van der Waals surface area contributed by atoms with Gasteiger partial charge in [-0.05, 0) is 52.0 Å². The van der Waals surface area contributed by atoms with Crippen LogP contribution in [-0.4, -0.2) is 45.9 Å². The largest absolute Gasteiger partial charge is 0.452 e. The third kappa shape index (κ3) is 7.07. The van der Waals surface area contributed by atoms with E-state index in [1.54, 1.807) is 20.8 Å². The first-order valence-electron chi connectivity index (χ1n) is 10.8. The van der Waals surface area contributed by atoms with Crippen LogP contribution in [-0.2, 0) is 15.0 Å². The molecule has 0 saturated carbocycles. The maximum absolute atomic E-state index is 13.7. The summed E-state index contributed by atoms with van der Waals surface area (Å²) in [7, 11) is 0. The topological polar surface area (TPSA) is 139 Å². The predicted octanol–water partition coefficient (Wildman–Crippen LogP) is 4.70. The lowest BCUT2D eigenvalue weighted by Gasteiger charge is -2.36. The fourth-order valence-corrected chi connectivity index (χ4v) is 3.59. The molecule has 14 heteroatoms. The van der Waals surface area contributed by atoms with E-state index in [-0.39, 0.29) is 27.8 Å². The summed E-state index contributed by atoms with van der Waals surface area (Å²) < 4.78 is 51.1. The molecule has 0 radical (unpaired) electrons. The van der Waals surface area contributed by atoms with Crippen molar-refractivity contribution in [3.05, 3.63) is 52.4 Å². The third-order valence-corrected chi connectivity index (χ3v) is 5.19. The molecule has 1 aliphatic rings. The van der Waals surface area contributed by atoms with Crippen molar-refractivity contribution in [3.63, 3.8) is 0 Å². The van der Waals surface area contributed by atoms with E-state index in [1.807, 2.05) is 6.07 Å². The average molecular weight is 539 g/mol. The summed E-state index contributed by atoms with van der Waals surface area (Å²) in [6, 6.07) is 6.57. The number of pyridine rings is 2. The van der Waals surface area contributed by atoms with Crippen molar-refractivity contribution in [2.24, 2.45) is 4.99 Å². The zero-order chi connectivity index (χ0) is 27.6. The van der Waals surface area contributed by atoms with Crippen molar-refractivity contribution in [1.29, 1.82) is 5.26 Å². The number of aliphatic imine (C=N–C) groups is 1. The van der Waals surface area contributed by atoms with Crippen LogP contribution < -0.4 is 10.6 Å². The van der Waals surface area contributed by atoms with Crippen LogP contribution in [0.4, 0.5) is 23.8 Å². The number of alkyl carbamates (subject to hydrolysis) is 1. The molecule has 3 rings (SSSR count). The Balaban J connectivity index is 1.94. The molecule has 196 valence electrons. The second kappa shape index (κ2) is 10.2. The summed E-state index contributed by atoms with van der Waals surface area (Å²) in [4.78, 5) is 37.0. The quantitative estimate of drug-likeness (QED) is 0.577. The summed E-state index contributed by atoms with van der Waals surface area (Å²) in [6.45, 7) is 6.08. The van der Waals surface area contributed by atoms with Crippen LogP contribution in [0.25, 0.3) is 0 Å². The first kappa shape index (κ1) is 27.7. The van der Waals surface area contributed by atoms with E-state index in [0.717, 1.165) is 0 Å². The van der Waals surface area contributed by atoms with Crippen molar-refractivity contribution >= 4 is 35.4 Å². The van der Waals surface area contributed by atoms with Crippen molar-refractivity contribution < 1.29 is 32.2 Å². The number of amides is 2. The number of carbonyl (C=O) groups excluding carboxylic acids is 2. The summed E-state index contributed by atoms with van der Waals surface area (Å²) >= 11 is 6.29. The van der Waals surface area contributed by atoms with Crippen LogP contribution in [0.15, 0.2) is 35.5 Å². The molecule has 2 aromatic rings. The molecule has 37 heavy (non-hydrogen) atoms. The van der Waals surface area contributed by atoms with Crippen LogP contribution in [0.1, 0.15) is 55.9 Å². The molecule has 2 aromatic heterocycles. The number of amidine groups is 1. The molecular weight excluding hydrogens is 517 g/mol. The Labute approximate surface area is 214 Å². The van der Waals surface area contributed by atoms with Gasteiger partial charge in [0.25, 0.3) is 11.9 Å². The van der Waals surface area contributed by atoms with Gasteiger partial charge in [0.15, 0.2) is 6.10 Å². The molecular formula is C23H22ClF3N6O4. The van der Waals surface area contributed by atoms with E-state index < -0.39 is 47.9 Å². The number of nitrogens with one attached hydrogen (secondary N) is 2. The van der Waals surface area contributed by atoms with Gasteiger partial charge < -0.3 is 14.8 Å². The lowest BCUT2D eigenvalue weighted by molar-refractivity contribution is -0.208. The molecule has 1 aliphatic heterocycles. The van der Waals surface area contributed by atoms with Crippen molar-refractivity contribution in [1.82, 2.24) is 15.3 Å². The van der Waals surface area contributed by atoms with E-state index in [9.17, 15) is 22.8 Å². The molecule has 2 atom stereocenters. The lowest BCUT2D eigenvalue weighted by Crippen LogP contribution is -2.49. The standard InChI is InChI=1S/C23H22ClF3N6O4/c1-21(2,3)37-20(35)32-19-33-22(4,9-15(36-19)23(25,26)27)17-13(24)6-8-16(30-17)31-18(34)14-7-5-12(10-28)11-29-14/h5-8,11,15H,9H2,1-4H3,(H,30,31,34)(H,32,33,35)/t15-,22-/m0/s1. The number of aromatic nitrogens is 2. The van der Waals surface area contributed by atoms with E-state index in [1.165, 1.54) is 37.4 Å². The Morgan fingerprint density at radius 1 is 1.22 bits per heavy atom. The van der Waals surface area contributed by atoms with Gasteiger partial charge in [-0.2, -0.15) is 18.4 Å². The molecule has 0 unspecified atom stereocenters. The molecule has 2 amide bonds. The number of nitriles is 1. The Bertz CT molecular complexity index is 1270. The molecule has 0 aliphatic carbocycles. The highest BCUT2D eigenvalue weighted by Crippen LogP contribution is 2.42. The first-order valence-corrected chi connectivity index (χ1v) is 11.2. The molecule has 2 N–H and O–H groups in total. The van der Waals surface area contributed by atoms with Crippen LogP contribution in [0.5, 0.6) is 0 Å². The van der Waals surface area contributed by atoms with Crippen LogP contribution in [0.3, 0.4) is 0 Å². The highest BCUT2D eigenvalue weighted by Gasteiger charge is 2.51. The normalized spacial score (nSPS) is 19.6. The number of hydrogen-bond donors (Lipinski definition) is 2. The van der Waals surface area contributed by atoms with Crippen LogP contribution >= 0.6 is 11.6 Å². The fraction of sp³-hybridized carbons (Fsp3) is 0.391. The Morgan fingerprint density at radius 3 is 2.49 bits per heavy atom. The minimum atomic E-state index is -4.81. The Kier molecular flexibility index (Phi) is 7.64. The fourth-order valence-electron chi connectivity index (χ4n) is 3.28. The van der Waals surface area contributed by atoms with E-state index in [2.05, 4.69) is 25.6 Å². The number of nitrogens with zero attached hydrogens (tertiary/aromatic N) is 4. The van der Waals surface area contributed by atoms with Crippen molar-refractivity contribution in [2.45, 2.75) is 57.5 Å². The van der Waals surface area contributed by atoms with Gasteiger partial charge in [-0.3, -0.25) is 4.79 Å². The van der Waals surface area contributed by atoms with Crippen molar-refractivity contribution in [3.8, 4) is 6.07 Å². The predicted molar refractivity (Wildman–Crippen MR) is 126 cm³/mol. The third-order valence-electron chi connectivity index (χ3n) is 4.88. The number of halogens is 4. The van der Waals surface area contributed by atoms with Gasteiger partial charge in [-0.1, -0.05) is 11.6 Å². The zero-order valence-corrected chi connectivity index (χ0v) is 20.9. The number of ether oxygens (including phenoxy) is 2. The molecule has 10 nitrogen and oxygen atoms in total. The SMILES string of the molecule is CC(C)(C)OC(=O)NC1=N[C@](C)(c2nc(NC(=O)c3ccc(C#N)cn3)ccc2Cl)C[C@@H](C(F)(F)F)O1. The number of anilines is 1. The minimum Gasteiger partial charge on any atom is -0.452 e. The molecule has 0 aromatic carbocycles. The van der Waals surface area contributed by atoms with Crippen LogP contribution in [0, 0.1) is 11.3 Å². The summed E-state index contributed by atoms with van der Waals surface area (Å²) in [5.74, 6) is -0.713. The molecule has 0 bridgehead atoms. The van der Waals surface area contributed by atoms with Gasteiger partial charge in [-0.25, -0.2) is 25.1 Å². The second-order valence-electron chi connectivity index (χ2n) is 9.19. The smallest absolute Gasteiger partial charge is 0.425 e. The van der Waals surface area contributed by atoms with Gasteiger partial charge in [0, 0.05) is 12.6 Å². The second-order valence-corrected chi connectivity index (χ2v) is 9.60. The first-order chi connectivity index (χ1) is 17.1. The van der Waals surface area contributed by atoms with Crippen LogP contribution in [0.2, 0.25) is 5.02 Å². The number of hydrogen-bond acceptors (Lipinski definition) is 8. The van der Waals surface area contributed by atoms with Gasteiger partial charge in [-0.15, -0.1) is 0 Å². The molecule has 0 saturated heterocycles. The van der Waals surface area contributed by atoms with Crippen molar-refractivity contribution in [2.75, 3.05) is 5.32 Å². The maximum atomic E-state index is 13.7. The highest BCUT2D eigenvalue weighted by atomic mass is 35.5. The monoisotopic (exact) mass is 538 g/mol. The summed E-state index contributed by atoms with van der Waals surface area (Å²) in [6.07, 6.45) is -7.72. The molecule has 0 spiro atoms. The van der Waals surface area contributed by atoms with Gasteiger partial charge >= 0.3 is 12.3 Å². The van der Waals surface area contributed by atoms with Gasteiger partial charge in [0.2, 0.25) is 0 Å². The van der Waals surface area contributed by atoms with E-state index >= 15 is 0 Å². The van der Waals surface area contributed by atoms with Gasteiger partial charge in [0.1, 0.15) is 28.7 Å². The average Bonchev–Trinajstić information content (AvgIpc) is 2.78. The summed E-state index contributed by atoms with van der Waals surface area (Å²) in [5, 5.41) is 13.4. The molecule has 3 heterocycles. The van der Waals surface area contributed by atoms with Gasteiger partial charge in [0.05, 0.1) is 16.3 Å². The number of rotatable bonds is 3. The zero-order valence-electron chi connectivity index (χ0n) is 20.1. The highest BCUT2D eigenvalue weighted by molar-refractivity contribution is 6.31. The Hall–Kier alpha value is -3.92. The van der Waals surface area contributed by atoms with E-state index in [4.69, 9.17) is 26.3 Å². The lowest BCUT2D eigenvalue weighted by atomic mass is 9.89. The minimum absolute atomic E-state index is 0.0198.